The van der Waals surface area contributed by atoms with E-state index in [9.17, 15) is 0 Å². The Morgan fingerprint density at radius 1 is 1.31 bits per heavy atom. The molecule has 1 N–H and O–H groups in total. The SMILES string of the molecule is CC1CC(NCC2CCC2)CCO1. The Morgan fingerprint density at radius 2 is 2.15 bits per heavy atom. The van der Waals surface area contributed by atoms with Gasteiger partial charge < -0.3 is 10.1 Å². The van der Waals surface area contributed by atoms with Crippen molar-refractivity contribution in [2.24, 2.45) is 5.92 Å². The summed E-state index contributed by atoms with van der Waals surface area (Å²) in [6.45, 7) is 4.37. The van der Waals surface area contributed by atoms with Gasteiger partial charge in [-0.25, -0.2) is 0 Å². The lowest BCUT2D eigenvalue weighted by Gasteiger charge is -2.32. The van der Waals surface area contributed by atoms with Crippen LogP contribution in [0.3, 0.4) is 0 Å². The molecule has 0 spiro atoms. The number of hydrogen-bond acceptors (Lipinski definition) is 2. The first-order valence-corrected chi connectivity index (χ1v) is 5.69. The molecule has 0 aromatic rings. The summed E-state index contributed by atoms with van der Waals surface area (Å²) in [5, 5.41) is 3.67. The zero-order chi connectivity index (χ0) is 9.10. The van der Waals surface area contributed by atoms with Crippen molar-refractivity contribution in [2.75, 3.05) is 13.2 Å². The largest absolute Gasteiger partial charge is 0.378 e. The summed E-state index contributed by atoms with van der Waals surface area (Å²) in [7, 11) is 0. The number of rotatable bonds is 3. The van der Waals surface area contributed by atoms with Crippen LogP contribution in [0.4, 0.5) is 0 Å². The molecule has 2 fully saturated rings. The summed E-state index contributed by atoms with van der Waals surface area (Å²) in [5.41, 5.74) is 0. The maximum absolute atomic E-state index is 5.52. The van der Waals surface area contributed by atoms with Crippen LogP contribution in [0, 0.1) is 5.92 Å². The molecule has 1 aliphatic carbocycles. The van der Waals surface area contributed by atoms with Gasteiger partial charge in [0, 0.05) is 12.6 Å². The second-order valence-corrected chi connectivity index (χ2v) is 4.61. The minimum absolute atomic E-state index is 0.465. The molecule has 2 aliphatic rings. The van der Waals surface area contributed by atoms with Gasteiger partial charge in [0.2, 0.25) is 0 Å². The number of ether oxygens (including phenoxy) is 1. The minimum atomic E-state index is 0.465. The Hall–Kier alpha value is -0.0800. The van der Waals surface area contributed by atoms with Crippen molar-refractivity contribution in [3.63, 3.8) is 0 Å². The molecule has 1 saturated heterocycles. The van der Waals surface area contributed by atoms with E-state index in [1.54, 1.807) is 0 Å². The third kappa shape index (κ3) is 2.68. The van der Waals surface area contributed by atoms with Crippen LogP contribution >= 0.6 is 0 Å². The molecule has 76 valence electrons. The smallest absolute Gasteiger partial charge is 0.0561 e. The lowest BCUT2D eigenvalue weighted by Crippen LogP contribution is -2.41. The van der Waals surface area contributed by atoms with Gasteiger partial charge in [0.15, 0.2) is 0 Å². The van der Waals surface area contributed by atoms with Crippen LogP contribution in [-0.2, 0) is 4.74 Å². The van der Waals surface area contributed by atoms with Gasteiger partial charge in [0.1, 0.15) is 0 Å². The third-order valence-corrected chi connectivity index (χ3v) is 3.41. The lowest BCUT2D eigenvalue weighted by molar-refractivity contribution is 0.0121. The van der Waals surface area contributed by atoms with Crippen LogP contribution in [0.15, 0.2) is 0 Å². The molecule has 0 aromatic carbocycles. The summed E-state index contributed by atoms with van der Waals surface area (Å²) in [5.74, 6) is 0.984. The molecule has 2 unspecified atom stereocenters. The van der Waals surface area contributed by atoms with Gasteiger partial charge in [0.25, 0.3) is 0 Å². The molecule has 2 nitrogen and oxygen atoms in total. The van der Waals surface area contributed by atoms with E-state index in [4.69, 9.17) is 4.74 Å². The summed E-state index contributed by atoms with van der Waals surface area (Å²) in [4.78, 5) is 0. The second-order valence-electron chi connectivity index (χ2n) is 4.61. The summed E-state index contributed by atoms with van der Waals surface area (Å²) in [6, 6.07) is 0.726. The van der Waals surface area contributed by atoms with E-state index in [1.807, 2.05) is 0 Å². The zero-order valence-electron chi connectivity index (χ0n) is 8.59. The molecule has 1 heterocycles. The molecular weight excluding hydrogens is 162 g/mol. The highest BCUT2D eigenvalue weighted by molar-refractivity contribution is 4.78. The van der Waals surface area contributed by atoms with Crippen LogP contribution in [0.5, 0.6) is 0 Å². The van der Waals surface area contributed by atoms with E-state index in [-0.39, 0.29) is 0 Å². The van der Waals surface area contributed by atoms with Gasteiger partial charge in [-0.15, -0.1) is 0 Å². The van der Waals surface area contributed by atoms with E-state index in [0.29, 0.717) is 6.10 Å². The van der Waals surface area contributed by atoms with Crippen LogP contribution in [-0.4, -0.2) is 25.3 Å². The van der Waals surface area contributed by atoms with Crippen molar-refractivity contribution in [3.05, 3.63) is 0 Å². The Kier molecular flexibility index (Phi) is 3.23. The molecular formula is C11H21NO. The first-order chi connectivity index (χ1) is 6.34. The van der Waals surface area contributed by atoms with Crippen LogP contribution in [0.2, 0.25) is 0 Å². The molecule has 1 aliphatic heterocycles. The van der Waals surface area contributed by atoms with Gasteiger partial charge in [-0.05, 0) is 45.1 Å². The fourth-order valence-electron chi connectivity index (χ4n) is 2.21. The molecule has 0 amide bonds. The average Bonchev–Trinajstić information content (AvgIpc) is 2.01. The van der Waals surface area contributed by atoms with E-state index in [0.717, 1.165) is 18.6 Å². The van der Waals surface area contributed by atoms with E-state index < -0.39 is 0 Å². The Labute approximate surface area is 81.0 Å². The highest BCUT2D eigenvalue weighted by Gasteiger charge is 2.22. The molecule has 2 atom stereocenters. The van der Waals surface area contributed by atoms with Gasteiger partial charge in [-0.1, -0.05) is 6.42 Å². The Morgan fingerprint density at radius 3 is 2.77 bits per heavy atom. The fourth-order valence-corrected chi connectivity index (χ4v) is 2.21. The summed E-state index contributed by atoms with van der Waals surface area (Å²) >= 11 is 0. The highest BCUT2D eigenvalue weighted by Crippen LogP contribution is 2.25. The lowest BCUT2D eigenvalue weighted by atomic mass is 9.85. The molecule has 0 aromatic heterocycles. The van der Waals surface area contributed by atoms with Crippen LogP contribution in [0.25, 0.3) is 0 Å². The van der Waals surface area contributed by atoms with Crippen molar-refractivity contribution in [1.82, 2.24) is 5.32 Å². The molecule has 2 heteroatoms. The minimum Gasteiger partial charge on any atom is -0.378 e. The van der Waals surface area contributed by atoms with Gasteiger partial charge >= 0.3 is 0 Å². The summed E-state index contributed by atoms with van der Waals surface area (Å²) < 4.78 is 5.52. The second kappa shape index (κ2) is 4.43. The Balaban J connectivity index is 1.62. The quantitative estimate of drug-likeness (QED) is 0.722. The molecule has 0 radical (unpaired) electrons. The molecule has 13 heavy (non-hydrogen) atoms. The van der Waals surface area contributed by atoms with Crippen molar-refractivity contribution < 1.29 is 4.74 Å². The standard InChI is InChI=1S/C11H21NO/c1-9-7-11(5-6-13-9)12-8-10-3-2-4-10/h9-12H,2-8H2,1H3. The Bertz CT molecular complexity index is 156. The first-order valence-electron chi connectivity index (χ1n) is 5.69. The predicted octanol–water partition coefficient (Wildman–Crippen LogP) is 1.94. The van der Waals surface area contributed by atoms with Crippen molar-refractivity contribution in [2.45, 2.75) is 51.2 Å². The van der Waals surface area contributed by atoms with Gasteiger partial charge in [0.05, 0.1) is 6.10 Å². The maximum Gasteiger partial charge on any atom is 0.0561 e. The average molecular weight is 183 g/mol. The van der Waals surface area contributed by atoms with Gasteiger partial charge in [-0.3, -0.25) is 0 Å². The van der Waals surface area contributed by atoms with Crippen LogP contribution < -0.4 is 5.32 Å². The van der Waals surface area contributed by atoms with Crippen molar-refractivity contribution >= 4 is 0 Å². The van der Waals surface area contributed by atoms with Crippen molar-refractivity contribution in [3.8, 4) is 0 Å². The topological polar surface area (TPSA) is 21.3 Å². The van der Waals surface area contributed by atoms with E-state index >= 15 is 0 Å². The molecule has 1 saturated carbocycles. The monoisotopic (exact) mass is 183 g/mol. The maximum atomic E-state index is 5.52. The van der Waals surface area contributed by atoms with Gasteiger partial charge in [-0.2, -0.15) is 0 Å². The fraction of sp³-hybridized carbons (Fsp3) is 1.00. The third-order valence-electron chi connectivity index (χ3n) is 3.41. The highest BCUT2D eigenvalue weighted by atomic mass is 16.5. The predicted molar refractivity (Wildman–Crippen MR) is 53.8 cm³/mol. The zero-order valence-corrected chi connectivity index (χ0v) is 8.59. The van der Waals surface area contributed by atoms with Crippen LogP contribution in [0.1, 0.15) is 39.0 Å². The normalized spacial score (nSPS) is 35.8. The molecule has 0 bridgehead atoms. The van der Waals surface area contributed by atoms with E-state index in [2.05, 4.69) is 12.2 Å². The molecule has 2 rings (SSSR count). The first kappa shape index (κ1) is 9.47. The van der Waals surface area contributed by atoms with E-state index in [1.165, 1.54) is 38.6 Å². The van der Waals surface area contributed by atoms with Crippen molar-refractivity contribution in [1.29, 1.82) is 0 Å². The summed E-state index contributed by atoms with van der Waals surface area (Å²) in [6.07, 6.45) is 7.23. The number of hydrogen-bond donors (Lipinski definition) is 1. The number of nitrogens with one attached hydrogen (secondary N) is 1.